The zero-order chi connectivity index (χ0) is 17.5. The summed E-state index contributed by atoms with van der Waals surface area (Å²) in [5.74, 6) is 2.29. The van der Waals surface area contributed by atoms with E-state index in [1.807, 2.05) is 55.5 Å². The highest BCUT2D eigenvalue weighted by Crippen LogP contribution is 2.16. The van der Waals surface area contributed by atoms with Crippen LogP contribution in [0.3, 0.4) is 0 Å². The molecule has 2 N–H and O–H groups in total. The van der Waals surface area contributed by atoms with Gasteiger partial charge in [-0.15, -0.1) is 0 Å². The van der Waals surface area contributed by atoms with Gasteiger partial charge in [-0.1, -0.05) is 30.3 Å². The molecule has 0 bridgehead atoms. The van der Waals surface area contributed by atoms with Gasteiger partial charge in [0.05, 0.1) is 7.11 Å². The second-order valence-electron chi connectivity index (χ2n) is 5.73. The number of nitrogens with one attached hydrogen (secondary N) is 2. The van der Waals surface area contributed by atoms with E-state index in [1.54, 1.807) is 7.11 Å². The Morgan fingerprint density at radius 1 is 0.960 bits per heavy atom. The molecule has 0 saturated heterocycles. The number of aromatic nitrogens is 2. The van der Waals surface area contributed by atoms with E-state index >= 15 is 0 Å². The molecule has 3 rings (SSSR count). The Bertz CT molecular complexity index is 804. The number of rotatable bonds is 7. The smallest absolute Gasteiger partial charge is 0.224 e. The molecule has 0 unspecified atom stereocenters. The van der Waals surface area contributed by atoms with Gasteiger partial charge >= 0.3 is 0 Å². The van der Waals surface area contributed by atoms with Crippen LogP contribution < -0.4 is 15.4 Å². The Labute approximate surface area is 148 Å². The number of aryl methyl sites for hydroxylation is 1. The van der Waals surface area contributed by atoms with Crippen LogP contribution in [0.4, 0.5) is 17.5 Å². The highest BCUT2D eigenvalue weighted by Gasteiger charge is 2.03. The van der Waals surface area contributed by atoms with Crippen molar-refractivity contribution in [2.24, 2.45) is 0 Å². The third-order valence-electron chi connectivity index (χ3n) is 3.76. The lowest BCUT2D eigenvalue weighted by Crippen LogP contribution is -2.09. The topological polar surface area (TPSA) is 59.1 Å². The van der Waals surface area contributed by atoms with E-state index in [1.165, 1.54) is 5.56 Å². The predicted molar refractivity (Wildman–Crippen MR) is 102 cm³/mol. The van der Waals surface area contributed by atoms with Crippen molar-refractivity contribution < 1.29 is 4.74 Å². The monoisotopic (exact) mass is 334 g/mol. The van der Waals surface area contributed by atoms with Gasteiger partial charge < -0.3 is 15.4 Å². The summed E-state index contributed by atoms with van der Waals surface area (Å²) in [6.07, 6.45) is 0.892. The summed E-state index contributed by atoms with van der Waals surface area (Å²) in [7, 11) is 1.67. The van der Waals surface area contributed by atoms with Crippen LogP contribution in [0.2, 0.25) is 0 Å². The summed E-state index contributed by atoms with van der Waals surface area (Å²) in [5, 5.41) is 6.60. The van der Waals surface area contributed by atoms with E-state index in [2.05, 4.69) is 32.7 Å². The fraction of sp³-hybridized carbons (Fsp3) is 0.200. The van der Waals surface area contributed by atoms with Crippen molar-refractivity contribution >= 4 is 17.5 Å². The van der Waals surface area contributed by atoms with Crippen molar-refractivity contribution in [1.82, 2.24) is 9.97 Å². The quantitative estimate of drug-likeness (QED) is 0.678. The van der Waals surface area contributed by atoms with Gasteiger partial charge in [0.25, 0.3) is 0 Å². The lowest BCUT2D eigenvalue weighted by Gasteiger charge is -2.10. The minimum absolute atomic E-state index is 0.631. The summed E-state index contributed by atoms with van der Waals surface area (Å²) in [4.78, 5) is 8.99. The van der Waals surface area contributed by atoms with E-state index in [9.17, 15) is 0 Å². The van der Waals surface area contributed by atoms with E-state index in [0.29, 0.717) is 5.95 Å². The van der Waals surface area contributed by atoms with Gasteiger partial charge in [-0.25, -0.2) is 4.98 Å². The maximum atomic E-state index is 5.18. The molecule has 1 aromatic heterocycles. The van der Waals surface area contributed by atoms with Gasteiger partial charge in [-0.2, -0.15) is 4.98 Å². The normalized spacial score (nSPS) is 10.3. The molecule has 5 heteroatoms. The van der Waals surface area contributed by atoms with Crippen molar-refractivity contribution in [3.8, 4) is 5.75 Å². The molecule has 25 heavy (non-hydrogen) atoms. The standard InChI is InChI=1S/C20H22N4O/c1-15-14-19(23-17-6-4-3-5-7-17)24-20(22-15)21-13-12-16-8-10-18(25-2)11-9-16/h3-11,14H,12-13H2,1-2H3,(H2,21,22,23,24). The van der Waals surface area contributed by atoms with Crippen LogP contribution in [-0.4, -0.2) is 23.6 Å². The van der Waals surface area contributed by atoms with Crippen LogP contribution in [-0.2, 0) is 6.42 Å². The second-order valence-corrected chi connectivity index (χ2v) is 5.73. The molecule has 0 spiro atoms. The molecule has 0 fully saturated rings. The minimum atomic E-state index is 0.631. The Morgan fingerprint density at radius 2 is 1.72 bits per heavy atom. The summed E-state index contributed by atoms with van der Waals surface area (Å²) < 4.78 is 5.18. The molecular formula is C20H22N4O. The largest absolute Gasteiger partial charge is 0.497 e. The molecule has 0 saturated carbocycles. The highest BCUT2D eigenvalue weighted by molar-refractivity contribution is 5.57. The molecule has 128 valence electrons. The zero-order valence-corrected chi connectivity index (χ0v) is 14.5. The number of para-hydroxylation sites is 1. The molecule has 1 heterocycles. The van der Waals surface area contributed by atoms with Gasteiger partial charge in [0.15, 0.2) is 0 Å². The first-order valence-corrected chi connectivity index (χ1v) is 8.27. The number of anilines is 3. The molecule has 0 atom stereocenters. The van der Waals surface area contributed by atoms with Crippen LogP contribution in [0.15, 0.2) is 60.7 Å². The molecule has 0 aliphatic rings. The van der Waals surface area contributed by atoms with Gasteiger partial charge in [-0.05, 0) is 43.2 Å². The second kappa shape index (κ2) is 8.15. The average molecular weight is 334 g/mol. The molecule has 3 aromatic rings. The molecule has 0 aliphatic heterocycles. The third kappa shape index (κ3) is 4.94. The van der Waals surface area contributed by atoms with Crippen molar-refractivity contribution in [2.45, 2.75) is 13.3 Å². The van der Waals surface area contributed by atoms with Crippen LogP contribution in [0, 0.1) is 6.92 Å². The number of methoxy groups -OCH3 is 1. The number of benzene rings is 2. The van der Waals surface area contributed by atoms with E-state index in [4.69, 9.17) is 4.74 Å². The Kier molecular flexibility index (Phi) is 5.46. The van der Waals surface area contributed by atoms with Gasteiger partial charge in [0, 0.05) is 24.0 Å². The molecule has 0 radical (unpaired) electrons. The van der Waals surface area contributed by atoms with Crippen molar-refractivity contribution in [3.63, 3.8) is 0 Å². The van der Waals surface area contributed by atoms with E-state index < -0.39 is 0 Å². The van der Waals surface area contributed by atoms with Crippen molar-refractivity contribution in [1.29, 1.82) is 0 Å². The van der Waals surface area contributed by atoms with Crippen molar-refractivity contribution in [2.75, 3.05) is 24.3 Å². The summed E-state index contributed by atoms with van der Waals surface area (Å²) in [6.45, 7) is 2.73. The summed E-state index contributed by atoms with van der Waals surface area (Å²) in [6, 6.07) is 20.0. The molecule has 0 aliphatic carbocycles. The van der Waals surface area contributed by atoms with Crippen LogP contribution >= 0.6 is 0 Å². The van der Waals surface area contributed by atoms with Gasteiger partial charge in [0.1, 0.15) is 11.6 Å². The Morgan fingerprint density at radius 3 is 2.44 bits per heavy atom. The highest BCUT2D eigenvalue weighted by atomic mass is 16.5. The maximum Gasteiger partial charge on any atom is 0.224 e. The lowest BCUT2D eigenvalue weighted by atomic mass is 10.1. The van der Waals surface area contributed by atoms with Crippen LogP contribution in [0.25, 0.3) is 0 Å². The fourth-order valence-electron chi connectivity index (χ4n) is 2.49. The Hall–Kier alpha value is -3.08. The number of nitrogens with zero attached hydrogens (tertiary/aromatic N) is 2. The summed E-state index contributed by atoms with van der Waals surface area (Å²) >= 11 is 0. The molecular weight excluding hydrogens is 312 g/mol. The van der Waals surface area contributed by atoms with E-state index in [0.717, 1.165) is 35.9 Å². The fourth-order valence-corrected chi connectivity index (χ4v) is 2.49. The van der Waals surface area contributed by atoms with Crippen LogP contribution in [0.1, 0.15) is 11.3 Å². The maximum absolute atomic E-state index is 5.18. The van der Waals surface area contributed by atoms with Gasteiger partial charge in [0.2, 0.25) is 5.95 Å². The lowest BCUT2D eigenvalue weighted by molar-refractivity contribution is 0.414. The first kappa shape index (κ1) is 16.8. The minimum Gasteiger partial charge on any atom is -0.497 e. The molecule has 5 nitrogen and oxygen atoms in total. The Balaban J connectivity index is 1.60. The SMILES string of the molecule is COc1ccc(CCNc2nc(C)cc(Nc3ccccc3)n2)cc1. The number of ether oxygens (including phenoxy) is 1. The predicted octanol–water partition coefficient (Wildman–Crippen LogP) is 4.19. The first-order chi connectivity index (χ1) is 12.2. The first-order valence-electron chi connectivity index (χ1n) is 8.27. The van der Waals surface area contributed by atoms with E-state index in [-0.39, 0.29) is 0 Å². The van der Waals surface area contributed by atoms with Crippen LogP contribution in [0.5, 0.6) is 5.75 Å². The van der Waals surface area contributed by atoms with Gasteiger partial charge in [-0.3, -0.25) is 0 Å². The molecule has 0 amide bonds. The van der Waals surface area contributed by atoms with Crippen molar-refractivity contribution in [3.05, 3.63) is 71.9 Å². The zero-order valence-electron chi connectivity index (χ0n) is 14.5. The number of hydrogen-bond donors (Lipinski definition) is 2. The summed E-state index contributed by atoms with van der Waals surface area (Å²) in [5.41, 5.74) is 3.16. The average Bonchev–Trinajstić information content (AvgIpc) is 2.63. The molecule has 2 aromatic carbocycles. The third-order valence-corrected chi connectivity index (χ3v) is 3.76. The number of hydrogen-bond acceptors (Lipinski definition) is 5.